The molecule has 0 aliphatic heterocycles. The lowest BCUT2D eigenvalue weighted by Gasteiger charge is -2.12. The van der Waals surface area contributed by atoms with Gasteiger partial charge in [-0.05, 0) is 48.4 Å². The minimum atomic E-state index is -0.349. The quantitative estimate of drug-likeness (QED) is 0.659. The van der Waals surface area contributed by atoms with Crippen LogP contribution in [0.25, 0.3) is 21.5 Å². The van der Waals surface area contributed by atoms with Crippen molar-refractivity contribution < 1.29 is 5.11 Å². The summed E-state index contributed by atoms with van der Waals surface area (Å²) >= 11 is 3.43. The number of pyridine rings is 1. The van der Waals surface area contributed by atoms with Crippen molar-refractivity contribution in [2.75, 3.05) is 12.8 Å². The number of rotatable bonds is 6. The second kappa shape index (κ2) is 7.45. The third-order valence-corrected chi connectivity index (χ3v) is 5.22. The molecule has 2 aromatic heterocycles. The summed E-state index contributed by atoms with van der Waals surface area (Å²) in [5.41, 5.74) is 3.22. The Balaban J connectivity index is 2.03. The van der Waals surface area contributed by atoms with E-state index >= 15 is 0 Å². The van der Waals surface area contributed by atoms with Crippen LogP contribution in [0.5, 0.6) is 0 Å². The Morgan fingerprint density at radius 1 is 1.30 bits per heavy atom. The zero-order chi connectivity index (χ0) is 16.2. The van der Waals surface area contributed by atoms with Crippen LogP contribution in [0.4, 0.5) is 0 Å². The summed E-state index contributed by atoms with van der Waals surface area (Å²) in [7, 11) is 0. The van der Waals surface area contributed by atoms with Gasteiger partial charge in [0.2, 0.25) is 0 Å². The Labute approximate surface area is 144 Å². The molecule has 5 heteroatoms. The number of nitrogens with zero attached hydrogens (tertiary/aromatic N) is 1. The molecule has 0 bridgehead atoms. The largest absolute Gasteiger partial charge is 0.392 e. The van der Waals surface area contributed by atoms with Crippen molar-refractivity contribution in [1.29, 1.82) is 0 Å². The lowest BCUT2D eigenvalue weighted by atomic mass is 10.1. The molecule has 120 valence electrons. The van der Waals surface area contributed by atoms with Crippen LogP contribution in [0.15, 0.2) is 46.7 Å². The van der Waals surface area contributed by atoms with E-state index in [2.05, 4.69) is 53.4 Å². The van der Waals surface area contributed by atoms with Gasteiger partial charge >= 0.3 is 0 Å². The molecule has 0 amide bonds. The van der Waals surface area contributed by atoms with Crippen molar-refractivity contribution in [2.45, 2.75) is 24.5 Å². The molecule has 3 rings (SSSR count). The number of thioether (sulfide) groups is 1. The third-order valence-electron chi connectivity index (χ3n) is 3.61. The van der Waals surface area contributed by atoms with Gasteiger partial charge in [0.05, 0.1) is 22.2 Å². The summed E-state index contributed by atoms with van der Waals surface area (Å²) in [4.78, 5) is 7.32. The van der Waals surface area contributed by atoms with E-state index in [0.29, 0.717) is 13.1 Å². The molecule has 0 saturated heterocycles. The molecule has 0 aliphatic carbocycles. The Hall–Kier alpha value is -1.40. The van der Waals surface area contributed by atoms with E-state index in [-0.39, 0.29) is 6.10 Å². The van der Waals surface area contributed by atoms with Gasteiger partial charge in [-0.3, -0.25) is 0 Å². The smallest absolute Gasteiger partial charge is 0.0854 e. The van der Waals surface area contributed by atoms with Crippen molar-refractivity contribution in [2.24, 2.45) is 0 Å². The van der Waals surface area contributed by atoms with Crippen LogP contribution in [-0.4, -0.2) is 29.0 Å². The highest BCUT2D eigenvalue weighted by Gasteiger charge is 2.11. The first kappa shape index (κ1) is 16.5. The molecule has 3 nitrogen and oxygen atoms in total. The van der Waals surface area contributed by atoms with Crippen molar-refractivity contribution >= 4 is 34.0 Å². The van der Waals surface area contributed by atoms with Gasteiger partial charge in [-0.15, -0.1) is 23.1 Å². The van der Waals surface area contributed by atoms with Crippen molar-refractivity contribution in [3.63, 3.8) is 0 Å². The first-order valence-electron chi connectivity index (χ1n) is 7.57. The number of fused-ring (bicyclic) bond motifs is 1. The van der Waals surface area contributed by atoms with E-state index < -0.39 is 0 Å². The second-order valence-corrected chi connectivity index (χ2v) is 7.34. The zero-order valence-electron chi connectivity index (χ0n) is 13.2. The molecule has 0 fully saturated rings. The first-order chi connectivity index (χ1) is 11.2. The average molecular weight is 345 g/mol. The highest BCUT2D eigenvalue weighted by Crippen LogP contribution is 2.30. The van der Waals surface area contributed by atoms with Crippen LogP contribution in [0.1, 0.15) is 12.5 Å². The van der Waals surface area contributed by atoms with Crippen molar-refractivity contribution in [3.05, 3.63) is 47.3 Å². The summed E-state index contributed by atoms with van der Waals surface area (Å²) in [6.07, 6.45) is 1.73. The second-order valence-electron chi connectivity index (χ2n) is 5.51. The number of aromatic nitrogens is 1. The average Bonchev–Trinajstić information content (AvgIpc) is 3.07. The van der Waals surface area contributed by atoms with Gasteiger partial charge in [0.1, 0.15) is 0 Å². The maximum absolute atomic E-state index is 9.43. The van der Waals surface area contributed by atoms with E-state index in [0.717, 1.165) is 22.2 Å². The molecule has 0 aliphatic rings. The number of aliphatic hydroxyl groups excluding tert-OH is 1. The highest BCUT2D eigenvalue weighted by molar-refractivity contribution is 7.98. The third kappa shape index (κ3) is 3.93. The topological polar surface area (TPSA) is 45.1 Å². The van der Waals surface area contributed by atoms with Crippen LogP contribution in [0.3, 0.4) is 0 Å². The lowest BCUT2D eigenvalue weighted by molar-refractivity contribution is 0.191. The fourth-order valence-electron chi connectivity index (χ4n) is 2.49. The van der Waals surface area contributed by atoms with Crippen molar-refractivity contribution in [1.82, 2.24) is 10.3 Å². The van der Waals surface area contributed by atoms with E-state index in [1.54, 1.807) is 30.0 Å². The van der Waals surface area contributed by atoms with Crippen LogP contribution in [-0.2, 0) is 6.54 Å². The van der Waals surface area contributed by atoms with Gasteiger partial charge in [-0.25, -0.2) is 4.98 Å². The molecular formula is C18H20N2OS2. The maximum atomic E-state index is 9.43. The Morgan fingerprint density at radius 3 is 2.87 bits per heavy atom. The molecule has 23 heavy (non-hydrogen) atoms. The molecule has 1 unspecified atom stereocenters. The fraction of sp³-hybridized carbons (Fsp3) is 0.278. The predicted molar refractivity (Wildman–Crippen MR) is 100 cm³/mol. The van der Waals surface area contributed by atoms with Gasteiger partial charge in [-0.2, -0.15) is 0 Å². The van der Waals surface area contributed by atoms with Crippen molar-refractivity contribution in [3.8, 4) is 10.6 Å². The summed E-state index contributed by atoms with van der Waals surface area (Å²) in [6, 6.07) is 12.8. The number of benzene rings is 1. The van der Waals surface area contributed by atoms with Gasteiger partial charge in [0, 0.05) is 23.4 Å². The number of thiophene rings is 1. The molecule has 1 atom stereocenters. The van der Waals surface area contributed by atoms with Gasteiger partial charge in [-0.1, -0.05) is 12.1 Å². The van der Waals surface area contributed by atoms with Gasteiger partial charge in [0.25, 0.3) is 0 Å². The zero-order valence-corrected chi connectivity index (χ0v) is 14.9. The SMILES string of the molecule is CSc1ccc2cc(CNCC(C)O)c(-c3cccs3)nc2c1. The van der Waals surface area contributed by atoms with E-state index in [1.807, 2.05) is 0 Å². The molecule has 0 spiro atoms. The van der Waals surface area contributed by atoms with E-state index in [9.17, 15) is 5.11 Å². The highest BCUT2D eigenvalue weighted by atomic mass is 32.2. The number of hydrogen-bond acceptors (Lipinski definition) is 5. The Kier molecular flexibility index (Phi) is 5.33. The molecule has 2 heterocycles. The van der Waals surface area contributed by atoms with Crippen LogP contribution < -0.4 is 5.32 Å². The number of aliphatic hydroxyl groups is 1. The summed E-state index contributed by atoms with van der Waals surface area (Å²) < 4.78 is 0. The molecule has 2 N–H and O–H groups in total. The number of hydrogen-bond donors (Lipinski definition) is 2. The van der Waals surface area contributed by atoms with E-state index in [1.165, 1.54) is 9.77 Å². The van der Waals surface area contributed by atoms with E-state index in [4.69, 9.17) is 4.98 Å². The monoisotopic (exact) mass is 344 g/mol. The summed E-state index contributed by atoms with van der Waals surface area (Å²) in [5, 5.41) is 16.0. The standard InChI is InChI=1S/C18H20N2OS2/c1-12(21)10-19-11-14-8-13-5-6-15(22-2)9-16(13)20-18(14)17-4-3-7-23-17/h3-9,12,19,21H,10-11H2,1-2H3. The van der Waals surface area contributed by atoms with Crippen LogP contribution in [0.2, 0.25) is 0 Å². The molecule has 0 saturated carbocycles. The first-order valence-corrected chi connectivity index (χ1v) is 9.68. The Bertz CT molecular complexity index is 785. The minimum Gasteiger partial charge on any atom is -0.392 e. The maximum Gasteiger partial charge on any atom is 0.0854 e. The predicted octanol–water partition coefficient (Wildman–Crippen LogP) is 4.16. The van der Waals surface area contributed by atoms with Crippen LogP contribution >= 0.6 is 23.1 Å². The fourth-order valence-corrected chi connectivity index (χ4v) is 3.68. The van der Waals surface area contributed by atoms with Gasteiger partial charge < -0.3 is 10.4 Å². The normalized spacial score (nSPS) is 12.7. The molecule has 1 aromatic carbocycles. The minimum absolute atomic E-state index is 0.349. The molecule has 3 aromatic rings. The summed E-state index contributed by atoms with van der Waals surface area (Å²) in [6.45, 7) is 3.06. The lowest BCUT2D eigenvalue weighted by Crippen LogP contribution is -2.24. The van der Waals surface area contributed by atoms with Crippen LogP contribution in [0, 0.1) is 0 Å². The van der Waals surface area contributed by atoms with Gasteiger partial charge in [0.15, 0.2) is 0 Å². The molecular weight excluding hydrogens is 324 g/mol. The summed E-state index contributed by atoms with van der Waals surface area (Å²) in [5.74, 6) is 0. The Morgan fingerprint density at radius 2 is 2.17 bits per heavy atom. The molecule has 0 radical (unpaired) electrons. The number of nitrogens with one attached hydrogen (secondary N) is 1.